The van der Waals surface area contributed by atoms with Crippen molar-refractivity contribution in [1.82, 2.24) is 15.5 Å². The van der Waals surface area contributed by atoms with E-state index in [0.717, 1.165) is 44.0 Å². The Kier molecular flexibility index (Phi) is 8.62. The van der Waals surface area contributed by atoms with Crippen molar-refractivity contribution < 1.29 is 14.3 Å². The van der Waals surface area contributed by atoms with Crippen LogP contribution in [0.1, 0.15) is 43.0 Å². The molecule has 1 heterocycles. The molecule has 0 aliphatic carbocycles. The number of carbonyl (C=O) groups excluding carboxylic acids is 2. The van der Waals surface area contributed by atoms with Gasteiger partial charge in [0, 0.05) is 32.6 Å². The van der Waals surface area contributed by atoms with E-state index in [1.807, 2.05) is 62.4 Å². The van der Waals surface area contributed by atoms with Gasteiger partial charge in [0.15, 0.2) is 0 Å². The van der Waals surface area contributed by atoms with Gasteiger partial charge in [-0.1, -0.05) is 68.4 Å². The van der Waals surface area contributed by atoms with E-state index >= 15 is 0 Å². The average molecular weight is 424 g/mol. The molecule has 0 bridgehead atoms. The Hall–Kier alpha value is -2.70. The van der Waals surface area contributed by atoms with Crippen LogP contribution in [0.4, 0.5) is 0 Å². The number of amides is 2. The minimum atomic E-state index is -0.709. The molecular formula is C25H33N3O3. The fourth-order valence-corrected chi connectivity index (χ4v) is 3.71. The third-order valence-electron chi connectivity index (χ3n) is 5.36. The Morgan fingerprint density at radius 2 is 1.61 bits per heavy atom. The lowest BCUT2D eigenvalue weighted by Gasteiger charge is -2.27. The van der Waals surface area contributed by atoms with E-state index in [2.05, 4.69) is 21.6 Å². The lowest BCUT2D eigenvalue weighted by molar-refractivity contribution is -0.129. The van der Waals surface area contributed by atoms with Crippen molar-refractivity contribution in [2.45, 2.75) is 39.4 Å². The molecule has 2 aromatic carbocycles. The van der Waals surface area contributed by atoms with E-state index in [-0.39, 0.29) is 17.7 Å². The van der Waals surface area contributed by atoms with Crippen molar-refractivity contribution in [1.29, 1.82) is 0 Å². The molecule has 1 aliphatic heterocycles. The van der Waals surface area contributed by atoms with Gasteiger partial charge in [-0.05, 0) is 22.6 Å². The molecule has 31 heavy (non-hydrogen) atoms. The molecule has 3 rings (SSSR count). The van der Waals surface area contributed by atoms with Gasteiger partial charge in [-0.2, -0.15) is 0 Å². The van der Waals surface area contributed by atoms with Crippen molar-refractivity contribution in [3.63, 3.8) is 0 Å². The Bertz CT molecular complexity index is 848. The minimum absolute atomic E-state index is 0.119. The maximum Gasteiger partial charge on any atom is 0.247 e. The number of morpholine rings is 1. The third-order valence-corrected chi connectivity index (χ3v) is 5.36. The largest absolute Gasteiger partial charge is 0.379 e. The Balaban J connectivity index is 1.67. The summed E-state index contributed by atoms with van der Waals surface area (Å²) >= 11 is 0. The van der Waals surface area contributed by atoms with E-state index in [0.29, 0.717) is 13.0 Å². The molecule has 1 aliphatic rings. The number of ether oxygens (including phenoxy) is 1. The lowest BCUT2D eigenvalue weighted by atomic mass is 10.0. The monoisotopic (exact) mass is 423 g/mol. The van der Waals surface area contributed by atoms with Crippen molar-refractivity contribution in [2.75, 3.05) is 26.3 Å². The molecule has 166 valence electrons. The molecule has 2 N–H and O–H groups in total. The van der Waals surface area contributed by atoms with Gasteiger partial charge in [0.25, 0.3) is 0 Å². The number of rotatable bonds is 9. The van der Waals surface area contributed by atoms with Gasteiger partial charge in [-0.15, -0.1) is 0 Å². The van der Waals surface area contributed by atoms with Crippen LogP contribution in [0.3, 0.4) is 0 Å². The first-order valence-corrected chi connectivity index (χ1v) is 11.0. The summed E-state index contributed by atoms with van der Waals surface area (Å²) in [5, 5.41) is 5.94. The summed E-state index contributed by atoms with van der Waals surface area (Å²) in [5.41, 5.74) is 3.06. The molecule has 2 amide bonds. The van der Waals surface area contributed by atoms with Gasteiger partial charge in [0.2, 0.25) is 11.8 Å². The van der Waals surface area contributed by atoms with Crippen LogP contribution in [0, 0.1) is 5.92 Å². The fourth-order valence-electron chi connectivity index (χ4n) is 3.71. The molecule has 1 saturated heterocycles. The Morgan fingerprint density at radius 3 is 2.29 bits per heavy atom. The van der Waals surface area contributed by atoms with Crippen LogP contribution in [0.2, 0.25) is 0 Å². The highest BCUT2D eigenvalue weighted by Gasteiger charge is 2.23. The zero-order valence-electron chi connectivity index (χ0n) is 18.5. The fraction of sp³-hybridized carbons (Fsp3) is 0.440. The second-order valence-electron chi connectivity index (χ2n) is 8.38. The number of nitrogens with one attached hydrogen (secondary N) is 2. The minimum Gasteiger partial charge on any atom is -0.379 e. The predicted octanol–water partition coefficient (Wildman–Crippen LogP) is 3.04. The van der Waals surface area contributed by atoms with Crippen LogP contribution < -0.4 is 10.6 Å². The Morgan fingerprint density at radius 1 is 0.968 bits per heavy atom. The number of hydrogen-bond donors (Lipinski definition) is 2. The summed E-state index contributed by atoms with van der Waals surface area (Å²) in [6, 6.07) is 16.8. The molecular weight excluding hydrogens is 390 g/mol. The summed E-state index contributed by atoms with van der Waals surface area (Å²) in [4.78, 5) is 27.8. The molecule has 1 unspecified atom stereocenters. The molecule has 2 aromatic rings. The van der Waals surface area contributed by atoms with Gasteiger partial charge in [0.1, 0.15) is 6.04 Å². The topological polar surface area (TPSA) is 70.7 Å². The van der Waals surface area contributed by atoms with E-state index in [1.54, 1.807) is 0 Å². The highest BCUT2D eigenvalue weighted by molar-refractivity contribution is 5.88. The maximum atomic E-state index is 13.1. The van der Waals surface area contributed by atoms with Crippen LogP contribution in [0.25, 0.3) is 0 Å². The van der Waals surface area contributed by atoms with Crippen LogP contribution in [-0.4, -0.2) is 43.0 Å². The standard InChI is InChI=1S/C25H33N3O3/c1-19(2)16-23(29)27-24(20-8-4-3-5-9-20)25(30)26-17-21-10-6-7-11-22(21)18-28-12-14-31-15-13-28/h3-11,19,24H,12-18H2,1-2H3,(H,26,30)(H,27,29). The molecule has 0 radical (unpaired) electrons. The summed E-state index contributed by atoms with van der Waals surface area (Å²) in [7, 11) is 0. The molecule has 1 atom stereocenters. The van der Waals surface area contributed by atoms with Crippen molar-refractivity contribution in [2.24, 2.45) is 5.92 Å². The van der Waals surface area contributed by atoms with Gasteiger partial charge >= 0.3 is 0 Å². The molecule has 6 heteroatoms. The van der Waals surface area contributed by atoms with Crippen LogP contribution in [0.15, 0.2) is 54.6 Å². The first-order chi connectivity index (χ1) is 15.0. The summed E-state index contributed by atoms with van der Waals surface area (Å²) in [5.74, 6) is -0.0947. The van der Waals surface area contributed by atoms with Gasteiger partial charge in [-0.25, -0.2) is 0 Å². The summed E-state index contributed by atoms with van der Waals surface area (Å²) in [6.07, 6.45) is 0.388. The predicted molar refractivity (Wildman–Crippen MR) is 121 cm³/mol. The van der Waals surface area contributed by atoms with Crippen LogP contribution >= 0.6 is 0 Å². The Labute approximate surface area is 185 Å². The molecule has 0 aromatic heterocycles. The maximum absolute atomic E-state index is 13.1. The van der Waals surface area contributed by atoms with Crippen LogP contribution in [-0.2, 0) is 27.4 Å². The van der Waals surface area contributed by atoms with E-state index in [1.165, 1.54) is 5.56 Å². The smallest absolute Gasteiger partial charge is 0.247 e. The van der Waals surface area contributed by atoms with Crippen molar-refractivity contribution in [3.05, 3.63) is 71.3 Å². The zero-order valence-corrected chi connectivity index (χ0v) is 18.5. The highest BCUT2D eigenvalue weighted by Crippen LogP contribution is 2.16. The quantitative estimate of drug-likeness (QED) is 0.650. The first-order valence-electron chi connectivity index (χ1n) is 11.0. The molecule has 1 fully saturated rings. The van der Waals surface area contributed by atoms with Gasteiger partial charge in [0.05, 0.1) is 13.2 Å². The van der Waals surface area contributed by atoms with E-state index < -0.39 is 6.04 Å². The molecule has 0 spiro atoms. The van der Waals surface area contributed by atoms with Gasteiger partial charge < -0.3 is 15.4 Å². The second kappa shape index (κ2) is 11.6. The number of hydrogen-bond acceptors (Lipinski definition) is 4. The molecule has 0 saturated carbocycles. The van der Waals surface area contributed by atoms with E-state index in [9.17, 15) is 9.59 Å². The normalized spacial score (nSPS) is 15.5. The lowest BCUT2D eigenvalue weighted by Crippen LogP contribution is -2.40. The molecule has 6 nitrogen and oxygen atoms in total. The highest BCUT2D eigenvalue weighted by atomic mass is 16.5. The van der Waals surface area contributed by atoms with Crippen molar-refractivity contribution >= 4 is 11.8 Å². The number of nitrogens with zero attached hydrogens (tertiary/aromatic N) is 1. The van der Waals surface area contributed by atoms with E-state index in [4.69, 9.17) is 4.74 Å². The first kappa shape index (κ1) is 23.0. The summed E-state index contributed by atoms with van der Waals surface area (Å²) < 4.78 is 5.44. The zero-order chi connectivity index (χ0) is 22.1. The summed E-state index contributed by atoms with van der Waals surface area (Å²) in [6.45, 7) is 8.58. The van der Waals surface area contributed by atoms with Crippen LogP contribution in [0.5, 0.6) is 0 Å². The number of carbonyl (C=O) groups is 2. The third kappa shape index (κ3) is 7.19. The SMILES string of the molecule is CC(C)CC(=O)NC(C(=O)NCc1ccccc1CN1CCOCC1)c1ccccc1. The van der Waals surface area contributed by atoms with Gasteiger partial charge in [-0.3, -0.25) is 14.5 Å². The van der Waals surface area contributed by atoms with Crippen molar-refractivity contribution in [3.8, 4) is 0 Å². The second-order valence-corrected chi connectivity index (χ2v) is 8.38. The number of benzene rings is 2. The average Bonchev–Trinajstić information content (AvgIpc) is 2.77.